The number of hydrogen-bond acceptors (Lipinski definition) is 10. The summed E-state index contributed by atoms with van der Waals surface area (Å²) in [6, 6.07) is 161. The van der Waals surface area contributed by atoms with E-state index in [4.69, 9.17) is 29.9 Å². The predicted molar refractivity (Wildman–Crippen MR) is 605 cm³/mol. The summed E-state index contributed by atoms with van der Waals surface area (Å²) in [6.45, 7) is 4.70. The molecule has 1 aliphatic carbocycles. The highest BCUT2D eigenvalue weighted by Crippen LogP contribution is 2.55. The predicted octanol–water partition coefficient (Wildman–Crippen LogP) is 35.6. The summed E-state index contributed by atoms with van der Waals surface area (Å²) in [6.07, 6.45) is 0. The maximum absolute atomic E-state index is 5.28. The summed E-state index contributed by atoms with van der Waals surface area (Å²) in [5.74, 6) is 2.19. The van der Waals surface area contributed by atoms with Gasteiger partial charge >= 0.3 is 0 Å². The fraction of sp³-hybridized carbons (Fsp3) is 0.0233. The van der Waals surface area contributed by atoms with Gasteiger partial charge in [-0.3, -0.25) is 0 Å². The van der Waals surface area contributed by atoms with Crippen molar-refractivity contribution in [1.29, 1.82) is 0 Å². The van der Waals surface area contributed by atoms with E-state index in [2.05, 4.69) is 481 Å². The van der Waals surface area contributed by atoms with Crippen molar-refractivity contribution in [1.82, 2.24) is 48.2 Å². The van der Waals surface area contributed by atoms with Gasteiger partial charge in [0.15, 0.2) is 17.5 Å². The molecule has 0 radical (unpaired) electrons. The molecule has 11 aromatic heterocycles. The molecule has 11 heterocycles. The van der Waals surface area contributed by atoms with Crippen LogP contribution in [0.3, 0.4) is 0 Å². The molecule has 0 spiro atoms. The minimum atomic E-state index is -0.0541. The second-order valence-electron chi connectivity index (χ2n) is 37.3. The highest BCUT2D eigenvalue weighted by molar-refractivity contribution is 7.27. The van der Waals surface area contributed by atoms with Crippen molar-refractivity contribution in [2.24, 2.45) is 0 Å². The zero-order valence-electron chi connectivity index (χ0n) is 77.3. The van der Waals surface area contributed by atoms with Gasteiger partial charge in [0.2, 0.25) is 0 Å². The average molecular weight is 1900 g/mol. The summed E-state index contributed by atoms with van der Waals surface area (Å²) < 4.78 is 19.3. The third-order valence-electron chi connectivity index (χ3n) is 28.9. The lowest BCUT2D eigenvalue weighted by Gasteiger charge is -2.21. The molecule has 0 bridgehead atoms. The van der Waals surface area contributed by atoms with Gasteiger partial charge in [0.05, 0.1) is 91.9 Å². The first-order chi connectivity index (χ1) is 70.7. The first-order valence-electron chi connectivity index (χ1n) is 48.3. The van der Waals surface area contributed by atoms with Crippen LogP contribution in [0.25, 0.3) is 270 Å². The molecule has 31 rings (SSSR count). The molecule has 0 aliphatic heterocycles. The molecule has 0 atom stereocenters. The number of thiophene rings is 4. The number of nitrogens with zero attached hydrogens (tertiary/aromatic N) is 10. The van der Waals surface area contributed by atoms with E-state index in [0.29, 0.717) is 0 Å². The molecule has 14 heteroatoms. The molecule has 0 fully saturated rings. The summed E-state index contributed by atoms with van der Waals surface area (Å²) in [5, 5.41) is 16.3. The Kier molecular flexibility index (Phi) is 19.0. The second kappa shape index (κ2) is 32.8. The third kappa shape index (κ3) is 13.0. The van der Waals surface area contributed by atoms with Crippen LogP contribution in [0.2, 0.25) is 0 Å². The number of para-hydroxylation sites is 5. The highest BCUT2D eigenvalue weighted by atomic mass is 32.1. The van der Waals surface area contributed by atoms with Crippen LogP contribution in [-0.2, 0) is 5.41 Å². The Labute approximate surface area is 836 Å². The highest BCUT2D eigenvalue weighted by Gasteiger charge is 2.38. The lowest BCUT2D eigenvalue weighted by atomic mass is 9.82. The monoisotopic (exact) mass is 1900 g/mol. The molecule has 30 aromatic rings. The smallest absolute Gasteiger partial charge is 0.160 e. The van der Waals surface area contributed by atoms with E-state index >= 15 is 0 Å². The number of benzene rings is 19. The van der Waals surface area contributed by atoms with Crippen molar-refractivity contribution in [2.75, 3.05) is 0 Å². The van der Waals surface area contributed by atoms with Gasteiger partial charge in [0.1, 0.15) is 0 Å². The maximum atomic E-state index is 5.28. The maximum Gasteiger partial charge on any atom is 0.160 e. The first kappa shape index (κ1) is 82.6. The summed E-state index contributed by atoms with van der Waals surface area (Å²) in [4.78, 5) is 31.5. The molecular weight excluding hydrogens is 1820 g/mol. The van der Waals surface area contributed by atoms with Crippen LogP contribution in [0, 0.1) is 0 Å². The van der Waals surface area contributed by atoms with Crippen LogP contribution in [0.1, 0.15) is 25.0 Å². The minimum absolute atomic E-state index is 0.0541. The van der Waals surface area contributed by atoms with Crippen molar-refractivity contribution >= 4 is 214 Å². The Morgan fingerprint density at radius 1 is 0.196 bits per heavy atom. The van der Waals surface area contributed by atoms with Gasteiger partial charge in [0, 0.05) is 155 Å². The number of rotatable bonds is 10. The van der Waals surface area contributed by atoms with E-state index in [1.165, 1.54) is 155 Å². The molecule has 19 aromatic carbocycles. The Morgan fingerprint density at radius 3 is 0.902 bits per heavy atom. The molecule has 670 valence electrons. The van der Waals surface area contributed by atoms with Crippen molar-refractivity contribution in [3.63, 3.8) is 0 Å². The van der Waals surface area contributed by atoms with Gasteiger partial charge in [-0.25, -0.2) is 29.9 Å². The topological polar surface area (TPSA) is 97.1 Å². The van der Waals surface area contributed by atoms with Gasteiger partial charge < -0.3 is 18.3 Å². The molecule has 0 amide bonds. The minimum Gasteiger partial charge on any atom is -0.309 e. The molecule has 0 saturated heterocycles. The van der Waals surface area contributed by atoms with E-state index in [0.717, 1.165) is 127 Å². The van der Waals surface area contributed by atoms with Crippen molar-refractivity contribution < 1.29 is 0 Å². The molecule has 10 nitrogen and oxygen atoms in total. The van der Waals surface area contributed by atoms with Gasteiger partial charge in [-0.15, -0.1) is 45.3 Å². The zero-order chi connectivity index (χ0) is 94.2. The Morgan fingerprint density at radius 2 is 0.490 bits per heavy atom. The standard InChI is InChI=1S/C46H28N4S.C43H29N3S.C40H23N3S2/c1-3-14-29(15-4-1)43-45-44(35-22-9-12-25-40(35)51-45)48-46(47-43)30-16-13-19-32(28-30)50-37-24-11-8-21-34(37)42-39(50)27-26-38-41(42)33-20-7-10-23-36(33)49(38)31-17-5-2-6-18-31;1-43(2)32-20-9-6-17-29(32)37-33(43)23-24-35-38(37)30-18-7-10-21-34(30)46(35)28-16-12-15-27(25-28)42-44-39(26-13-4-3-5-14-26)41-40(45-42)31-19-8-11-22-36(31)47-41;1-2-11-24(12-3-1)37-39-38(29-17-6-9-20-33(29)45-39)42-40(41-37)25-13-10-14-26(23-25)43-30-18-7-4-15-27(30)35-31(43)21-22-34-36(35)28-16-5-8-19-32(28)44-34/h1-28H;3-25H,1-2H3;1-23H. The Balaban J connectivity index is 0.000000102. The van der Waals surface area contributed by atoms with Gasteiger partial charge in [-0.2, -0.15) is 0 Å². The average Bonchev–Trinajstić information content (AvgIpc) is 1.55. The van der Waals surface area contributed by atoms with E-state index in [1.54, 1.807) is 34.0 Å². The summed E-state index contributed by atoms with van der Waals surface area (Å²) >= 11 is 7.16. The van der Waals surface area contributed by atoms with Crippen LogP contribution in [0.4, 0.5) is 0 Å². The number of hydrogen-bond donors (Lipinski definition) is 0. The van der Waals surface area contributed by atoms with Crippen LogP contribution in [0.15, 0.2) is 449 Å². The SMILES string of the molecule is CC1(C)c2ccccc2-c2c1ccc1c2c2ccccc2n1-c1cccc(-c2nc(-c3ccccc3)c3sc4ccccc4c3n2)c1.c1ccc(-c2nc(-c3cccc(-n4c5ccccc5c5c6c(ccc54)sc4ccccc46)c3)nc3c2sc2ccccc23)cc1.c1ccc(-c2nc(-c3cccc(-n4c5ccccc5c5c6c7ccccc7n(-c7ccccc7)c6ccc54)c3)nc3c2sc2ccccc23)cc1. The summed E-state index contributed by atoms with van der Waals surface area (Å²) in [5.41, 5.74) is 31.6. The lowest BCUT2D eigenvalue weighted by molar-refractivity contribution is 0.661. The molecule has 1 aliphatic rings. The van der Waals surface area contributed by atoms with Crippen LogP contribution >= 0.6 is 45.3 Å². The lowest BCUT2D eigenvalue weighted by Crippen LogP contribution is -2.14. The van der Waals surface area contributed by atoms with Crippen LogP contribution in [0.5, 0.6) is 0 Å². The molecule has 0 unspecified atom stereocenters. The van der Waals surface area contributed by atoms with Gasteiger partial charge in [-0.1, -0.05) is 335 Å². The second-order valence-corrected chi connectivity index (χ2v) is 41.6. The zero-order valence-corrected chi connectivity index (χ0v) is 80.6. The molecule has 0 N–H and O–H groups in total. The van der Waals surface area contributed by atoms with Crippen LogP contribution in [-0.4, -0.2) is 48.2 Å². The van der Waals surface area contributed by atoms with Crippen molar-refractivity contribution in [3.05, 3.63) is 460 Å². The third-order valence-corrected chi connectivity index (χ3v) is 33.6. The van der Waals surface area contributed by atoms with E-state index in [1.807, 2.05) is 11.3 Å². The molecule has 143 heavy (non-hydrogen) atoms. The fourth-order valence-corrected chi connectivity index (χ4v) is 27.2. The molecule has 0 saturated carbocycles. The van der Waals surface area contributed by atoms with Crippen molar-refractivity contribution in [2.45, 2.75) is 19.3 Å². The quantitative estimate of drug-likeness (QED) is 0.135. The van der Waals surface area contributed by atoms with E-state index in [-0.39, 0.29) is 5.41 Å². The van der Waals surface area contributed by atoms with E-state index < -0.39 is 0 Å². The Bertz CT molecular complexity index is 10500. The van der Waals surface area contributed by atoms with Crippen molar-refractivity contribution in [3.8, 4) is 102 Å². The van der Waals surface area contributed by atoms with Gasteiger partial charge in [-0.05, 0) is 150 Å². The molecular formula is C129H80N10S4. The first-order valence-corrected chi connectivity index (χ1v) is 51.6. The Hall–Kier alpha value is -17.5. The van der Waals surface area contributed by atoms with Crippen LogP contribution < -0.4 is 0 Å². The van der Waals surface area contributed by atoms with Gasteiger partial charge in [0.25, 0.3) is 0 Å². The normalized spacial score (nSPS) is 12.5. The van der Waals surface area contributed by atoms with E-state index in [9.17, 15) is 0 Å². The largest absolute Gasteiger partial charge is 0.309 e. The number of fused-ring (bicyclic) bond motifs is 30. The fourth-order valence-electron chi connectivity index (χ4n) is 22.6. The number of aromatic nitrogens is 10. The summed E-state index contributed by atoms with van der Waals surface area (Å²) in [7, 11) is 0.